The molecule has 1 amide bonds. The second-order valence-electron chi connectivity index (χ2n) is 4.99. The second kappa shape index (κ2) is 5.40. The molecule has 0 bridgehead atoms. The van der Waals surface area contributed by atoms with E-state index in [1.807, 2.05) is 12.1 Å². The van der Waals surface area contributed by atoms with Gasteiger partial charge in [-0.1, -0.05) is 6.92 Å². The molecular formula is C14H19NO3. The van der Waals surface area contributed by atoms with Gasteiger partial charge in [0.1, 0.15) is 11.5 Å². The molecule has 98 valence electrons. The summed E-state index contributed by atoms with van der Waals surface area (Å²) in [6.07, 6.45) is 4.26. The van der Waals surface area contributed by atoms with Gasteiger partial charge in [0.2, 0.25) is 5.91 Å². The minimum atomic E-state index is -0.235. The molecule has 4 nitrogen and oxygen atoms in total. The average molecular weight is 249 g/mol. The van der Waals surface area contributed by atoms with Crippen molar-refractivity contribution in [1.82, 2.24) is 5.32 Å². The standard InChI is InChI=1S/C14H19NO3/c1-9-7-12(9)13-5-3-11(18-13)4-6-14(17)15-10(2)8-16/h3-6,9-10,12,16H,7-8H2,1-2H3,(H,15,17)/b6-4+/t9?,10-,12?/m0/s1. The van der Waals surface area contributed by atoms with Crippen molar-refractivity contribution in [2.45, 2.75) is 32.2 Å². The first-order valence-corrected chi connectivity index (χ1v) is 6.29. The smallest absolute Gasteiger partial charge is 0.244 e. The van der Waals surface area contributed by atoms with E-state index in [1.54, 1.807) is 13.0 Å². The first kappa shape index (κ1) is 12.9. The summed E-state index contributed by atoms with van der Waals surface area (Å²) in [7, 11) is 0. The van der Waals surface area contributed by atoms with E-state index in [1.165, 1.54) is 12.5 Å². The third-order valence-electron chi connectivity index (χ3n) is 3.18. The van der Waals surface area contributed by atoms with Crippen LogP contribution in [0.15, 0.2) is 22.6 Å². The van der Waals surface area contributed by atoms with Gasteiger partial charge in [-0.05, 0) is 37.5 Å². The molecule has 0 aromatic carbocycles. The lowest BCUT2D eigenvalue weighted by atomic mass is 10.3. The summed E-state index contributed by atoms with van der Waals surface area (Å²) in [5.74, 6) is 2.73. The second-order valence-corrected chi connectivity index (χ2v) is 4.99. The van der Waals surface area contributed by atoms with Crippen LogP contribution < -0.4 is 5.32 Å². The molecule has 2 rings (SSSR count). The number of hydrogen-bond donors (Lipinski definition) is 2. The van der Waals surface area contributed by atoms with Gasteiger partial charge in [0, 0.05) is 18.0 Å². The van der Waals surface area contributed by atoms with Crippen molar-refractivity contribution in [3.8, 4) is 0 Å². The van der Waals surface area contributed by atoms with Gasteiger partial charge < -0.3 is 14.8 Å². The Morgan fingerprint density at radius 1 is 1.67 bits per heavy atom. The number of carbonyl (C=O) groups excluding carboxylic acids is 1. The Hall–Kier alpha value is -1.55. The fraction of sp³-hybridized carbons (Fsp3) is 0.500. The zero-order valence-electron chi connectivity index (χ0n) is 10.7. The molecule has 1 aliphatic carbocycles. The van der Waals surface area contributed by atoms with Gasteiger partial charge in [0.25, 0.3) is 0 Å². The van der Waals surface area contributed by atoms with Crippen LogP contribution in [0, 0.1) is 5.92 Å². The molecule has 1 aromatic rings. The third kappa shape index (κ3) is 3.23. The summed E-state index contributed by atoms with van der Waals surface area (Å²) in [6, 6.07) is 3.61. The highest BCUT2D eigenvalue weighted by Gasteiger charge is 2.36. The van der Waals surface area contributed by atoms with Crippen molar-refractivity contribution in [3.63, 3.8) is 0 Å². The number of furan rings is 1. The number of aliphatic hydroxyl groups is 1. The maximum atomic E-state index is 11.4. The lowest BCUT2D eigenvalue weighted by Gasteiger charge is -2.07. The first-order valence-electron chi connectivity index (χ1n) is 6.29. The number of nitrogens with one attached hydrogen (secondary N) is 1. The summed E-state index contributed by atoms with van der Waals surface area (Å²) in [5, 5.41) is 11.4. The van der Waals surface area contributed by atoms with Crippen LogP contribution in [0.5, 0.6) is 0 Å². The molecule has 3 atom stereocenters. The minimum Gasteiger partial charge on any atom is -0.461 e. The molecule has 0 aliphatic heterocycles. The van der Waals surface area contributed by atoms with Crippen LogP contribution in [-0.4, -0.2) is 23.7 Å². The molecule has 0 saturated heterocycles. The molecule has 4 heteroatoms. The Bertz CT molecular complexity index is 450. The molecule has 1 saturated carbocycles. The van der Waals surface area contributed by atoms with Gasteiger partial charge in [0.15, 0.2) is 0 Å². The largest absolute Gasteiger partial charge is 0.461 e. The molecule has 0 radical (unpaired) electrons. The molecule has 0 spiro atoms. The Kier molecular flexibility index (Phi) is 3.87. The van der Waals surface area contributed by atoms with Crippen molar-refractivity contribution in [2.24, 2.45) is 5.92 Å². The van der Waals surface area contributed by atoms with Gasteiger partial charge in [-0.2, -0.15) is 0 Å². The van der Waals surface area contributed by atoms with E-state index >= 15 is 0 Å². The number of rotatable bonds is 5. The van der Waals surface area contributed by atoms with E-state index < -0.39 is 0 Å². The van der Waals surface area contributed by atoms with Gasteiger partial charge in [-0.3, -0.25) is 4.79 Å². The van der Waals surface area contributed by atoms with Crippen LogP contribution in [-0.2, 0) is 4.79 Å². The normalized spacial score (nSPS) is 24.2. The van der Waals surface area contributed by atoms with E-state index in [0.29, 0.717) is 17.6 Å². The molecule has 1 aromatic heterocycles. The van der Waals surface area contributed by atoms with Crippen LogP contribution in [0.1, 0.15) is 37.7 Å². The van der Waals surface area contributed by atoms with E-state index in [9.17, 15) is 4.79 Å². The Balaban J connectivity index is 1.88. The first-order chi connectivity index (χ1) is 8.60. The molecule has 1 aliphatic rings. The van der Waals surface area contributed by atoms with Gasteiger partial charge >= 0.3 is 0 Å². The van der Waals surface area contributed by atoms with Gasteiger partial charge in [0.05, 0.1) is 6.61 Å². The van der Waals surface area contributed by atoms with Crippen LogP contribution in [0.25, 0.3) is 6.08 Å². The Labute approximate surface area is 107 Å². The SMILES string of the molecule is CC1CC1c1ccc(/C=C/C(=O)N[C@@H](C)CO)o1. The van der Waals surface area contributed by atoms with Crippen molar-refractivity contribution >= 4 is 12.0 Å². The number of hydrogen-bond acceptors (Lipinski definition) is 3. The van der Waals surface area contributed by atoms with Crippen LogP contribution in [0.3, 0.4) is 0 Å². The highest BCUT2D eigenvalue weighted by Crippen LogP contribution is 2.47. The molecule has 2 N–H and O–H groups in total. The molecule has 1 fully saturated rings. The van der Waals surface area contributed by atoms with Gasteiger partial charge in [-0.15, -0.1) is 0 Å². The highest BCUT2D eigenvalue weighted by molar-refractivity contribution is 5.91. The van der Waals surface area contributed by atoms with E-state index in [4.69, 9.17) is 9.52 Å². The van der Waals surface area contributed by atoms with Crippen molar-refractivity contribution in [2.75, 3.05) is 6.61 Å². The molecule has 18 heavy (non-hydrogen) atoms. The number of aliphatic hydroxyl groups excluding tert-OH is 1. The fourth-order valence-corrected chi connectivity index (χ4v) is 1.87. The lowest BCUT2D eigenvalue weighted by molar-refractivity contribution is -0.117. The Morgan fingerprint density at radius 3 is 3.00 bits per heavy atom. The number of carbonyl (C=O) groups is 1. The predicted molar refractivity (Wildman–Crippen MR) is 69.0 cm³/mol. The molecular weight excluding hydrogens is 230 g/mol. The molecule has 1 heterocycles. The monoisotopic (exact) mass is 249 g/mol. The minimum absolute atomic E-state index is 0.0654. The summed E-state index contributed by atoms with van der Waals surface area (Å²) in [4.78, 5) is 11.4. The van der Waals surface area contributed by atoms with Crippen molar-refractivity contribution in [3.05, 3.63) is 29.7 Å². The quantitative estimate of drug-likeness (QED) is 0.784. The summed E-state index contributed by atoms with van der Waals surface area (Å²) < 4.78 is 5.64. The van der Waals surface area contributed by atoms with Crippen molar-refractivity contribution < 1.29 is 14.3 Å². The zero-order chi connectivity index (χ0) is 13.1. The maximum Gasteiger partial charge on any atom is 0.244 e. The van der Waals surface area contributed by atoms with Crippen molar-refractivity contribution in [1.29, 1.82) is 0 Å². The van der Waals surface area contributed by atoms with Crippen LogP contribution in [0.2, 0.25) is 0 Å². The summed E-state index contributed by atoms with van der Waals surface area (Å²) in [6.45, 7) is 3.88. The van der Waals surface area contributed by atoms with E-state index in [0.717, 1.165) is 5.76 Å². The van der Waals surface area contributed by atoms with Gasteiger partial charge in [-0.25, -0.2) is 0 Å². The fourth-order valence-electron chi connectivity index (χ4n) is 1.87. The third-order valence-corrected chi connectivity index (χ3v) is 3.18. The predicted octanol–water partition coefficient (Wildman–Crippen LogP) is 1.91. The molecule has 2 unspecified atom stereocenters. The average Bonchev–Trinajstić information content (AvgIpc) is 2.90. The zero-order valence-corrected chi connectivity index (χ0v) is 10.7. The van der Waals surface area contributed by atoms with Crippen LogP contribution >= 0.6 is 0 Å². The highest BCUT2D eigenvalue weighted by atomic mass is 16.3. The Morgan fingerprint density at radius 2 is 2.39 bits per heavy atom. The summed E-state index contributed by atoms with van der Waals surface area (Å²) >= 11 is 0. The van der Waals surface area contributed by atoms with Crippen LogP contribution in [0.4, 0.5) is 0 Å². The topological polar surface area (TPSA) is 62.5 Å². The lowest BCUT2D eigenvalue weighted by Crippen LogP contribution is -2.33. The maximum absolute atomic E-state index is 11.4. The number of amides is 1. The van der Waals surface area contributed by atoms with E-state index in [2.05, 4.69) is 12.2 Å². The summed E-state index contributed by atoms with van der Waals surface area (Å²) in [5.41, 5.74) is 0. The van der Waals surface area contributed by atoms with E-state index in [-0.39, 0.29) is 18.6 Å².